The van der Waals surface area contributed by atoms with Gasteiger partial charge in [-0.05, 0) is 77.3 Å². The topological polar surface area (TPSA) is 25.4 Å². The summed E-state index contributed by atoms with van der Waals surface area (Å²) in [6.45, 7) is 9.89. The number of hydrogen-bond acceptors (Lipinski definition) is 4. The fraction of sp³-hybridized carbons (Fsp3) is 0.591. The van der Waals surface area contributed by atoms with Gasteiger partial charge in [0.1, 0.15) is 0 Å². The lowest BCUT2D eigenvalue weighted by Gasteiger charge is -2.39. The van der Waals surface area contributed by atoms with E-state index >= 15 is 4.39 Å². The number of halogens is 2. The van der Waals surface area contributed by atoms with E-state index in [2.05, 4.69) is 29.8 Å². The van der Waals surface area contributed by atoms with Crippen LogP contribution in [0.5, 0.6) is 0 Å². The van der Waals surface area contributed by atoms with Gasteiger partial charge in [0.05, 0.1) is 0 Å². The molecule has 3 nitrogen and oxygen atoms in total. The second-order valence-corrected chi connectivity index (χ2v) is 9.38. The molecule has 3 heterocycles. The first-order chi connectivity index (χ1) is 13.3. The zero-order chi connectivity index (χ0) is 20.4. The van der Waals surface area contributed by atoms with Crippen molar-refractivity contribution in [2.45, 2.75) is 58.9 Å². The third-order valence-corrected chi connectivity index (χ3v) is 7.02. The minimum absolute atomic E-state index is 0.188. The summed E-state index contributed by atoms with van der Waals surface area (Å²) in [6, 6.07) is 7.41. The van der Waals surface area contributed by atoms with Crippen LogP contribution in [0.3, 0.4) is 0 Å². The van der Waals surface area contributed by atoms with Crippen LogP contribution in [0.2, 0.25) is 0 Å². The maximum atomic E-state index is 15.2. The summed E-state index contributed by atoms with van der Waals surface area (Å²) in [4.78, 5) is 7.73. The van der Waals surface area contributed by atoms with E-state index in [0.717, 1.165) is 40.4 Å². The van der Waals surface area contributed by atoms with E-state index in [4.69, 9.17) is 4.74 Å². The van der Waals surface area contributed by atoms with Crippen LogP contribution in [0.1, 0.15) is 49.7 Å². The van der Waals surface area contributed by atoms with Gasteiger partial charge in [-0.15, -0.1) is 11.3 Å². The van der Waals surface area contributed by atoms with Crippen LogP contribution in [-0.2, 0) is 16.7 Å². The quantitative estimate of drug-likeness (QED) is 0.578. The first-order valence-electron chi connectivity index (χ1n) is 9.95. The average Bonchev–Trinajstić information content (AvgIpc) is 3.28. The molecule has 0 spiro atoms. The standard InChI is InChI=1S/C22H30F2N2OS/c1-5-27-20(24)22(11-10-18-8-9-19(23)28-18)12-13-26(15-22)21(3,4)17-7-6-16(2)25-14-17/h6-9,14,20H,5,10-13,15H2,1-4H3/t20-,22?/m0/s1. The van der Waals surface area contributed by atoms with Gasteiger partial charge < -0.3 is 4.74 Å². The molecule has 3 rings (SSSR count). The summed E-state index contributed by atoms with van der Waals surface area (Å²) in [7, 11) is 0. The molecular formula is C22H30F2N2OS. The molecule has 2 atom stereocenters. The Kier molecular flexibility index (Phi) is 6.52. The van der Waals surface area contributed by atoms with Gasteiger partial charge >= 0.3 is 0 Å². The molecule has 2 aromatic heterocycles. The molecule has 1 aliphatic heterocycles. The van der Waals surface area contributed by atoms with Crippen LogP contribution in [0, 0.1) is 17.5 Å². The second-order valence-electron chi connectivity index (χ2n) is 8.26. The lowest BCUT2D eigenvalue weighted by atomic mass is 9.81. The predicted molar refractivity (Wildman–Crippen MR) is 110 cm³/mol. The number of aryl methyl sites for hydroxylation is 2. The number of nitrogens with zero attached hydrogens (tertiary/aromatic N) is 2. The van der Waals surface area contributed by atoms with E-state index in [0.29, 0.717) is 26.0 Å². The van der Waals surface area contributed by atoms with Gasteiger partial charge in [0.15, 0.2) is 5.13 Å². The van der Waals surface area contributed by atoms with E-state index in [1.165, 1.54) is 6.07 Å². The molecule has 1 saturated heterocycles. The van der Waals surface area contributed by atoms with Crippen LogP contribution < -0.4 is 0 Å². The average molecular weight is 409 g/mol. The molecule has 1 fully saturated rings. The molecule has 2 aromatic rings. The van der Waals surface area contributed by atoms with E-state index in [1.807, 2.05) is 26.1 Å². The van der Waals surface area contributed by atoms with Crippen molar-refractivity contribution in [3.05, 3.63) is 51.7 Å². The van der Waals surface area contributed by atoms with Crippen molar-refractivity contribution in [1.82, 2.24) is 9.88 Å². The molecule has 1 aliphatic rings. The van der Waals surface area contributed by atoms with Crippen molar-refractivity contribution in [3.63, 3.8) is 0 Å². The number of likely N-dealkylation sites (tertiary alicyclic amines) is 1. The summed E-state index contributed by atoms with van der Waals surface area (Å²) in [5, 5.41) is -0.188. The maximum Gasteiger partial charge on any atom is 0.205 e. The van der Waals surface area contributed by atoms with Gasteiger partial charge in [-0.25, -0.2) is 4.39 Å². The molecule has 0 aromatic carbocycles. The van der Waals surface area contributed by atoms with Crippen molar-refractivity contribution in [3.8, 4) is 0 Å². The number of hydrogen-bond donors (Lipinski definition) is 0. The van der Waals surface area contributed by atoms with Crippen molar-refractivity contribution in [2.75, 3.05) is 19.7 Å². The van der Waals surface area contributed by atoms with E-state index < -0.39 is 11.8 Å². The van der Waals surface area contributed by atoms with Gasteiger partial charge in [-0.1, -0.05) is 6.07 Å². The molecule has 0 radical (unpaired) electrons. The molecule has 0 N–H and O–H groups in total. The van der Waals surface area contributed by atoms with Gasteiger partial charge in [-0.3, -0.25) is 9.88 Å². The summed E-state index contributed by atoms with van der Waals surface area (Å²) in [6.07, 6.45) is 2.64. The predicted octanol–water partition coefficient (Wildman–Crippen LogP) is 5.48. The number of ether oxygens (including phenoxy) is 1. The third kappa shape index (κ3) is 4.44. The minimum Gasteiger partial charge on any atom is -0.348 e. The monoisotopic (exact) mass is 408 g/mol. The molecule has 0 saturated carbocycles. The van der Waals surface area contributed by atoms with Gasteiger partial charge in [0.2, 0.25) is 6.36 Å². The zero-order valence-electron chi connectivity index (χ0n) is 17.2. The Bertz CT molecular complexity index is 777. The smallest absolute Gasteiger partial charge is 0.205 e. The van der Waals surface area contributed by atoms with Crippen LogP contribution in [-0.4, -0.2) is 35.9 Å². The van der Waals surface area contributed by atoms with Crippen LogP contribution in [0.25, 0.3) is 0 Å². The highest BCUT2D eigenvalue weighted by Crippen LogP contribution is 2.45. The number of pyridine rings is 1. The van der Waals surface area contributed by atoms with E-state index in [1.54, 1.807) is 6.07 Å². The summed E-state index contributed by atoms with van der Waals surface area (Å²) < 4.78 is 33.9. The third-order valence-electron chi connectivity index (χ3n) is 6.09. The second kappa shape index (κ2) is 8.56. The van der Waals surface area contributed by atoms with Crippen LogP contribution in [0.15, 0.2) is 30.5 Å². The van der Waals surface area contributed by atoms with Crippen LogP contribution >= 0.6 is 11.3 Å². The van der Waals surface area contributed by atoms with E-state index in [9.17, 15) is 4.39 Å². The highest BCUT2D eigenvalue weighted by molar-refractivity contribution is 7.10. The lowest BCUT2D eigenvalue weighted by molar-refractivity contribution is -0.121. The highest BCUT2D eigenvalue weighted by Gasteiger charge is 2.49. The van der Waals surface area contributed by atoms with Gasteiger partial charge in [-0.2, -0.15) is 4.39 Å². The number of aromatic nitrogens is 1. The molecule has 0 bridgehead atoms. The number of alkyl halides is 1. The largest absolute Gasteiger partial charge is 0.348 e. The first kappa shape index (κ1) is 21.3. The fourth-order valence-electron chi connectivity index (χ4n) is 4.07. The Morgan fingerprint density at radius 1 is 1.32 bits per heavy atom. The molecule has 1 unspecified atom stereocenters. The Labute approximate surface area is 170 Å². The van der Waals surface area contributed by atoms with Gasteiger partial charge in [0, 0.05) is 40.9 Å². The molecule has 6 heteroatoms. The van der Waals surface area contributed by atoms with Crippen molar-refractivity contribution < 1.29 is 13.5 Å². The molecule has 28 heavy (non-hydrogen) atoms. The zero-order valence-corrected chi connectivity index (χ0v) is 18.0. The lowest BCUT2D eigenvalue weighted by Crippen LogP contribution is -2.44. The fourth-order valence-corrected chi connectivity index (χ4v) is 4.80. The molecule has 0 aliphatic carbocycles. The van der Waals surface area contributed by atoms with Crippen LogP contribution in [0.4, 0.5) is 8.78 Å². The van der Waals surface area contributed by atoms with Crippen molar-refractivity contribution in [1.29, 1.82) is 0 Å². The normalized spacial score (nSPS) is 21.9. The van der Waals surface area contributed by atoms with E-state index in [-0.39, 0.29) is 10.7 Å². The molecule has 154 valence electrons. The van der Waals surface area contributed by atoms with Crippen molar-refractivity contribution in [2.24, 2.45) is 5.41 Å². The Hall–Kier alpha value is -1.37. The summed E-state index contributed by atoms with van der Waals surface area (Å²) in [5.41, 5.74) is 1.29. The Morgan fingerprint density at radius 2 is 2.11 bits per heavy atom. The highest BCUT2D eigenvalue weighted by atomic mass is 32.1. The van der Waals surface area contributed by atoms with Gasteiger partial charge in [0.25, 0.3) is 0 Å². The molecule has 0 amide bonds. The minimum atomic E-state index is -1.32. The molecular weight excluding hydrogens is 378 g/mol. The number of thiophene rings is 1. The Morgan fingerprint density at radius 3 is 2.71 bits per heavy atom. The summed E-state index contributed by atoms with van der Waals surface area (Å²) in [5.74, 6) is 0. The first-order valence-corrected chi connectivity index (χ1v) is 10.8. The summed E-state index contributed by atoms with van der Waals surface area (Å²) >= 11 is 1.15. The maximum absolute atomic E-state index is 15.2. The number of rotatable bonds is 8. The van der Waals surface area contributed by atoms with Crippen molar-refractivity contribution >= 4 is 11.3 Å². The SMILES string of the molecule is CCO[C@H](F)C1(CCc2ccc(F)s2)CCN(C(C)(C)c2ccc(C)nc2)C1. The Balaban J connectivity index is 1.78.